The van der Waals surface area contributed by atoms with Gasteiger partial charge in [-0.05, 0) is 19.1 Å². The van der Waals surface area contributed by atoms with Crippen LogP contribution in [0.3, 0.4) is 0 Å². The second kappa shape index (κ2) is 4.59. The number of hydrogen-bond acceptors (Lipinski definition) is 3. The van der Waals surface area contributed by atoms with Crippen LogP contribution < -0.4 is 5.43 Å². The lowest BCUT2D eigenvalue weighted by atomic mass is 10.1. The molecule has 3 rings (SSSR count). The van der Waals surface area contributed by atoms with E-state index in [1.807, 2.05) is 29.7 Å². The van der Waals surface area contributed by atoms with Gasteiger partial charge in [0.05, 0.1) is 17.2 Å². The van der Waals surface area contributed by atoms with Gasteiger partial charge in [-0.2, -0.15) is 5.10 Å². The highest BCUT2D eigenvalue weighted by Gasteiger charge is 2.14. The molecule has 0 bridgehead atoms. The van der Waals surface area contributed by atoms with E-state index >= 15 is 0 Å². The minimum Gasteiger partial charge on any atom is -0.337 e. The standard InChI is InChI=1S/C15H15N3O2/c1-10-4-5-12-11(8-10)15(20)14-13(9-16-17(14)2)18(12)6-3-7-19/h4-5,7-9H,3,6H2,1-2H3. The van der Waals surface area contributed by atoms with Gasteiger partial charge in [0.1, 0.15) is 11.8 Å². The zero-order chi connectivity index (χ0) is 14.3. The van der Waals surface area contributed by atoms with Crippen LogP contribution in [-0.4, -0.2) is 20.6 Å². The molecule has 0 aliphatic heterocycles. The first-order chi connectivity index (χ1) is 9.63. The van der Waals surface area contributed by atoms with Crippen LogP contribution in [0.25, 0.3) is 21.9 Å². The summed E-state index contributed by atoms with van der Waals surface area (Å²) in [5.41, 5.74) is 3.23. The smallest absolute Gasteiger partial charge is 0.215 e. The molecular formula is C15H15N3O2. The van der Waals surface area contributed by atoms with E-state index < -0.39 is 0 Å². The summed E-state index contributed by atoms with van der Waals surface area (Å²) in [4.78, 5) is 23.3. The molecule has 0 saturated heterocycles. The number of benzene rings is 1. The summed E-state index contributed by atoms with van der Waals surface area (Å²) in [6.07, 6.45) is 2.98. The molecule has 0 fully saturated rings. The van der Waals surface area contributed by atoms with Crippen molar-refractivity contribution in [3.63, 3.8) is 0 Å². The van der Waals surface area contributed by atoms with Gasteiger partial charge in [0, 0.05) is 25.4 Å². The number of rotatable bonds is 3. The van der Waals surface area contributed by atoms with Crippen molar-refractivity contribution in [1.82, 2.24) is 14.3 Å². The highest BCUT2D eigenvalue weighted by molar-refractivity contribution is 5.92. The van der Waals surface area contributed by atoms with Gasteiger partial charge < -0.3 is 9.36 Å². The molecule has 0 N–H and O–H groups in total. The zero-order valence-electron chi connectivity index (χ0n) is 11.5. The van der Waals surface area contributed by atoms with Gasteiger partial charge in [-0.1, -0.05) is 11.6 Å². The molecule has 2 aromatic heterocycles. The Morgan fingerprint density at radius 3 is 2.85 bits per heavy atom. The van der Waals surface area contributed by atoms with Crippen LogP contribution in [0, 0.1) is 6.92 Å². The summed E-state index contributed by atoms with van der Waals surface area (Å²) < 4.78 is 3.59. The maximum atomic E-state index is 12.6. The second-order valence-corrected chi connectivity index (χ2v) is 4.96. The predicted octanol–water partition coefficient (Wildman–Crippen LogP) is 1.79. The Morgan fingerprint density at radius 2 is 2.10 bits per heavy atom. The van der Waals surface area contributed by atoms with Gasteiger partial charge in [0.15, 0.2) is 0 Å². The summed E-state index contributed by atoms with van der Waals surface area (Å²) in [5, 5.41) is 4.85. The fraction of sp³-hybridized carbons (Fsp3) is 0.267. The van der Waals surface area contributed by atoms with Crippen molar-refractivity contribution in [2.45, 2.75) is 19.9 Å². The number of hydrogen-bond donors (Lipinski definition) is 0. The highest BCUT2D eigenvalue weighted by atomic mass is 16.1. The van der Waals surface area contributed by atoms with E-state index in [-0.39, 0.29) is 5.43 Å². The average molecular weight is 269 g/mol. The third kappa shape index (κ3) is 1.74. The van der Waals surface area contributed by atoms with Crippen LogP contribution in [0.15, 0.2) is 29.2 Å². The van der Waals surface area contributed by atoms with Crippen molar-refractivity contribution in [1.29, 1.82) is 0 Å². The molecule has 0 radical (unpaired) electrons. The van der Waals surface area contributed by atoms with E-state index in [2.05, 4.69) is 5.10 Å². The number of nitrogens with zero attached hydrogens (tertiary/aromatic N) is 3. The van der Waals surface area contributed by atoms with Crippen molar-refractivity contribution < 1.29 is 4.79 Å². The van der Waals surface area contributed by atoms with Crippen LogP contribution >= 0.6 is 0 Å². The zero-order valence-corrected chi connectivity index (χ0v) is 11.5. The Hall–Kier alpha value is -2.43. The average Bonchev–Trinajstić information content (AvgIpc) is 2.81. The minimum absolute atomic E-state index is 0.0129. The Kier molecular flexibility index (Phi) is 2.89. The summed E-state index contributed by atoms with van der Waals surface area (Å²) in [6.45, 7) is 2.51. The van der Waals surface area contributed by atoms with E-state index in [1.165, 1.54) is 0 Å². The van der Waals surface area contributed by atoms with E-state index in [9.17, 15) is 9.59 Å². The molecule has 5 heteroatoms. The van der Waals surface area contributed by atoms with Gasteiger partial charge >= 0.3 is 0 Å². The molecule has 0 unspecified atom stereocenters. The molecule has 20 heavy (non-hydrogen) atoms. The molecule has 3 aromatic rings. The highest BCUT2D eigenvalue weighted by Crippen LogP contribution is 2.20. The SMILES string of the molecule is Cc1ccc2c(c1)c(=O)c1c(cnn1C)n2CCC=O. The number of carbonyl (C=O) groups is 1. The molecule has 0 amide bonds. The summed E-state index contributed by atoms with van der Waals surface area (Å²) >= 11 is 0. The molecule has 0 atom stereocenters. The van der Waals surface area contributed by atoms with Gasteiger partial charge in [-0.15, -0.1) is 0 Å². The van der Waals surface area contributed by atoms with Gasteiger partial charge in [-0.25, -0.2) is 0 Å². The monoisotopic (exact) mass is 269 g/mol. The first-order valence-electron chi connectivity index (χ1n) is 6.52. The first-order valence-corrected chi connectivity index (χ1v) is 6.52. The van der Waals surface area contributed by atoms with Gasteiger partial charge in [0.25, 0.3) is 0 Å². The van der Waals surface area contributed by atoms with Crippen molar-refractivity contribution in [3.8, 4) is 0 Å². The van der Waals surface area contributed by atoms with Crippen molar-refractivity contribution in [3.05, 3.63) is 40.2 Å². The number of aryl methyl sites for hydroxylation is 3. The minimum atomic E-state index is -0.0129. The van der Waals surface area contributed by atoms with E-state index in [0.29, 0.717) is 23.9 Å². The summed E-state index contributed by atoms with van der Waals surface area (Å²) in [5.74, 6) is 0. The van der Waals surface area contributed by atoms with Crippen LogP contribution in [0.5, 0.6) is 0 Å². The lowest BCUT2D eigenvalue weighted by Crippen LogP contribution is -2.13. The fourth-order valence-electron chi connectivity index (χ4n) is 2.63. The molecule has 5 nitrogen and oxygen atoms in total. The maximum Gasteiger partial charge on any atom is 0.215 e. The van der Waals surface area contributed by atoms with Crippen LogP contribution in [-0.2, 0) is 18.4 Å². The Bertz CT molecular complexity index is 874. The van der Waals surface area contributed by atoms with Crippen LogP contribution in [0.1, 0.15) is 12.0 Å². The Labute approximate surface area is 115 Å². The molecule has 0 spiro atoms. The molecule has 0 saturated carbocycles. The predicted molar refractivity (Wildman–Crippen MR) is 77.9 cm³/mol. The van der Waals surface area contributed by atoms with Crippen LogP contribution in [0.4, 0.5) is 0 Å². The molecule has 1 aromatic carbocycles. The molecular weight excluding hydrogens is 254 g/mol. The number of aldehydes is 1. The number of pyridine rings is 1. The fourth-order valence-corrected chi connectivity index (χ4v) is 2.63. The third-order valence-electron chi connectivity index (χ3n) is 3.58. The Morgan fingerprint density at radius 1 is 1.30 bits per heavy atom. The quantitative estimate of drug-likeness (QED) is 0.681. The number of carbonyl (C=O) groups excluding carboxylic acids is 1. The number of fused-ring (bicyclic) bond motifs is 2. The topological polar surface area (TPSA) is 56.9 Å². The van der Waals surface area contributed by atoms with E-state index in [0.717, 1.165) is 22.9 Å². The second-order valence-electron chi connectivity index (χ2n) is 4.96. The summed E-state index contributed by atoms with van der Waals surface area (Å²) in [6, 6.07) is 5.80. The molecule has 102 valence electrons. The third-order valence-corrected chi connectivity index (χ3v) is 3.58. The van der Waals surface area contributed by atoms with Gasteiger partial charge in [-0.3, -0.25) is 9.48 Å². The van der Waals surface area contributed by atoms with Crippen molar-refractivity contribution >= 4 is 28.2 Å². The Balaban J connectivity index is 2.50. The normalized spacial score (nSPS) is 11.3. The van der Waals surface area contributed by atoms with Crippen molar-refractivity contribution in [2.75, 3.05) is 0 Å². The molecule has 0 aliphatic rings. The molecule has 2 heterocycles. The lowest BCUT2D eigenvalue weighted by molar-refractivity contribution is -0.108. The number of aromatic nitrogens is 3. The largest absolute Gasteiger partial charge is 0.337 e. The molecule has 0 aliphatic carbocycles. The van der Waals surface area contributed by atoms with Crippen LogP contribution in [0.2, 0.25) is 0 Å². The maximum absolute atomic E-state index is 12.6. The van der Waals surface area contributed by atoms with Crippen molar-refractivity contribution in [2.24, 2.45) is 7.05 Å². The van der Waals surface area contributed by atoms with Gasteiger partial charge in [0.2, 0.25) is 5.43 Å². The lowest BCUT2D eigenvalue weighted by Gasteiger charge is -2.12. The van der Waals surface area contributed by atoms with E-state index in [4.69, 9.17) is 0 Å². The first kappa shape index (κ1) is 12.6. The van der Waals surface area contributed by atoms with E-state index in [1.54, 1.807) is 17.9 Å². The summed E-state index contributed by atoms with van der Waals surface area (Å²) in [7, 11) is 1.76.